The molecular weight excluding hydrogens is 657 g/mol. The smallest absolute Gasteiger partial charge is 0.408 e. The number of methoxy groups -OCH3 is 2. The van der Waals surface area contributed by atoms with Crippen molar-refractivity contribution in [2.45, 2.75) is 90.6 Å². The number of likely N-dealkylation sites (tertiary alicyclic amines) is 1. The van der Waals surface area contributed by atoms with Gasteiger partial charge >= 0.3 is 12.1 Å². The van der Waals surface area contributed by atoms with E-state index in [9.17, 15) is 14.4 Å². The van der Waals surface area contributed by atoms with Crippen LogP contribution in [0.4, 0.5) is 4.79 Å². The maximum absolute atomic E-state index is 14.5. The molecule has 1 fully saturated rings. The van der Waals surface area contributed by atoms with Gasteiger partial charge in [0.05, 0.1) is 43.1 Å². The number of hydrogen-bond donors (Lipinski definition) is 1. The van der Waals surface area contributed by atoms with E-state index in [0.29, 0.717) is 34.9 Å². The lowest BCUT2D eigenvalue weighted by atomic mass is 10.0. The molecule has 11 nitrogen and oxygen atoms in total. The van der Waals surface area contributed by atoms with Crippen molar-refractivity contribution in [2.24, 2.45) is 10.9 Å². The molecule has 0 bridgehead atoms. The number of aliphatic imine (C=N–C) groups is 1. The van der Waals surface area contributed by atoms with Crippen molar-refractivity contribution < 1.29 is 33.3 Å². The summed E-state index contributed by atoms with van der Waals surface area (Å²) in [5.74, 6) is 0.316. The summed E-state index contributed by atoms with van der Waals surface area (Å²) in [7, 11) is 2.96. The molecular formula is C38H50N4O7S. The normalized spacial score (nSPS) is 17.7. The van der Waals surface area contributed by atoms with E-state index in [1.54, 1.807) is 32.8 Å². The summed E-state index contributed by atoms with van der Waals surface area (Å²) in [5, 5.41) is 4.22. The number of amides is 2. The highest BCUT2D eigenvalue weighted by atomic mass is 32.2. The third-order valence-corrected chi connectivity index (χ3v) is 9.10. The van der Waals surface area contributed by atoms with Gasteiger partial charge in [-0.1, -0.05) is 57.5 Å². The monoisotopic (exact) mass is 706 g/mol. The average Bonchev–Trinajstić information content (AvgIpc) is 3.50. The van der Waals surface area contributed by atoms with Gasteiger partial charge in [-0.15, -0.1) is 11.8 Å². The molecule has 1 aliphatic heterocycles. The number of benzene rings is 2. The fourth-order valence-corrected chi connectivity index (χ4v) is 6.63. The second-order valence-electron chi connectivity index (χ2n) is 13.6. The molecule has 2 unspecified atom stereocenters. The number of pyridine rings is 1. The molecule has 1 aromatic heterocycles. The van der Waals surface area contributed by atoms with Crippen molar-refractivity contribution in [1.29, 1.82) is 0 Å². The predicted octanol–water partition coefficient (Wildman–Crippen LogP) is 6.91. The lowest BCUT2D eigenvalue weighted by molar-refractivity contribution is -0.142. The summed E-state index contributed by atoms with van der Waals surface area (Å²) in [5.41, 5.74) is 1.63. The quantitative estimate of drug-likeness (QED) is 0.121. The van der Waals surface area contributed by atoms with Crippen LogP contribution in [0.5, 0.6) is 11.5 Å². The Morgan fingerprint density at radius 1 is 1.08 bits per heavy atom. The highest BCUT2D eigenvalue weighted by Crippen LogP contribution is 2.35. The van der Waals surface area contributed by atoms with Gasteiger partial charge in [0.2, 0.25) is 5.91 Å². The Bertz CT molecular complexity index is 1670. The first-order valence-corrected chi connectivity index (χ1v) is 18.2. The van der Waals surface area contributed by atoms with Gasteiger partial charge in [-0.25, -0.2) is 14.6 Å². The standard InChI is InChI=1S/C38H50N4O7S/c1-10-14-28(36(44)47-8)40-34(50-9)31-20-26(22-42(31)35(43)33(23(2)3)41-37(45)49-38(4,5)6)48-32-21-29(24-15-12-11-13-16-24)39-30-19-25(46-7)17-18-27(30)32/h11-13,15-19,21,23,26,28,31,33H,10,14,20,22H2,1-9H3,(H,41,45)/t26?,28?,31-,33-/m0/s1. The van der Waals surface area contributed by atoms with Crippen LogP contribution in [0, 0.1) is 5.92 Å². The van der Waals surface area contributed by atoms with Crippen molar-refractivity contribution in [2.75, 3.05) is 27.0 Å². The van der Waals surface area contributed by atoms with E-state index in [2.05, 4.69) is 5.32 Å². The van der Waals surface area contributed by atoms with E-state index in [1.807, 2.05) is 81.6 Å². The average molecular weight is 707 g/mol. The van der Waals surface area contributed by atoms with E-state index >= 15 is 0 Å². The molecule has 50 heavy (non-hydrogen) atoms. The molecule has 4 atom stereocenters. The number of alkyl carbamates (subject to hydrolysis) is 1. The van der Waals surface area contributed by atoms with Crippen LogP contribution in [0.2, 0.25) is 0 Å². The predicted molar refractivity (Wildman–Crippen MR) is 198 cm³/mol. The third kappa shape index (κ3) is 9.68. The third-order valence-electron chi connectivity index (χ3n) is 8.31. The first kappa shape index (κ1) is 38.5. The zero-order chi connectivity index (χ0) is 36.6. The van der Waals surface area contributed by atoms with Gasteiger partial charge in [0.25, 0.3) is 0 Å². The number of fused-ring (bicyclic) bond motifs is 1. The Morgan fingerprint density at radius 2 is 1.80 bits per heavy atom. The molecule has 2 aromatic carbocycles. The van der Waals surface area contributed by atoms with E-state index in [0.717, 1.165) is 23.1 Å². The van der Waals surface area contributed by atoms with Crippen molar-refractivity contribution in [3.05, 3.63) is 54.6 Å². The van der Waals surface area contributed by atoms with Crippen molar-refractivity contribution in [3.63, 3.8) is 0 Å². The zero-order valence-electron chi connectivity index (χ0n) is 30.5. The lowest BCUT2D eigenvalue weighted by Crippen LogP contribution is -2.54. The Hall–Kier alpha value is -4.32. The fraction of sp³-hybridized carbons (Fsp3) is 0.500. The molecule has 0 saturated carbocycles. The van der Waals surface area contributed by atoms with Gasteiger partial charge in [0.15, 0.2) is 0 Å². The van der Waals surface area contributed by atoms with Crippen molar-refractivity contribution in [1.82, 2.24) is 15.2 Å². The Balaban J connectivity index is 1.76. The van der Waals surface area contributed by atoms with Crippen LogP contribution >= 0.6 is 11.8 Å². The minimum Gasteiger partial charge on any atom is -0.497 e. The number of hydrogen-bond acceptors (Lipinski definition) is 10. The first-order valence-electron chi connectivity index (χ1n) is 17.0. The van der Waals surface area contributed by atoms with Crippen molar-refractivity contribution in [3.8, 4) is 22.8 Å². The maximum Gasteiger partial charge on any atom is 0.408 e. The number of thioether (sulfide) groups is 1. The summed E-state index contributed by atoms with van der Waals surface area (Å²) in [6.07, 6.45) is 2.39. The van der Waals surface area contributed by atoms with Crippen LogP contribution in [0.25, 0.3) is 22.2 Å². The van der Waals surface area contributed by atoms with E-state index in [-0.39, 0.29) is 18.4 Å². The summed E-state index contributed by atoms with van der Waals surface area (Å²) in [6.45, 7) is 11.3. The summed E-state index contributed by atoms with van der Waals surface area (Å²) in [4.78, 5) is 51.6. The number of ether oxygens (including phenoxy) is 4. The van der Waals surface area contributed by atoms with Gasteiger partial charge in [0, 0.05) is 29.5 Å². The molecule has 2 heterocycles. The molecule has 0 spiro atoms. The summed E-state index contributed by atoms with van der Waals surface area (Å²) >= 11 is 1.38. The molecule has 3 aromatic rings. The summed E-state index contributed by atoms with van der Waals surface area (Å²) < 4.78 is 22.9. The minimum absolute atomic E-state index is 0.222. The molecule has 1 saturated heterocycles. The van der Waals surface area contributed by atoms with Crippen LogP contribution < -0.4 is 14.8 Å². The molecule has 0 aliphatic carbocycles. The van der Waals surface area contributed by atoms with Crippen LogP contribution in [0.1, 0.15) is 60.8 Å². The van der Waals surface area contributed by atoms with E-state index in [4.69, 9.17) is 28.9 Å². The summed E-state index contributed by atoms with van der Waals surface area (Å²) in [6, 6.07) is 15.3. The van der Waals surface area contributed by atoms with Crippen LogP contribution in [-0.2, 0) is 19.1 Å². The lowest BCUT2D eigenvalue weighted by Gasteiger charge is -2.32. The number of carbonyl (C=O) groups is 3. The molecule has 1 aliphatic rings. The van der Waals surface area contributed by atoms with E-state index < -0.39 is 41.9 Å². The minimum atomic E-state index is -0.875. The number of nitrogens with zero attached hydrogens (tertiary/aromatic N) is 3. The van der Waals surface area contributed by atoms with Gasteiger partial charge in [0.1, 0.15) is 35.3 Å². The fourth-order valence-electron chi connectivity index (χ4n) is 5.90. The zero-order valence-corrected chi connectivity index (χ0v) is 31.3. The maximum atomic E-state index is 14.5. The second kappa shape index (κ2) is 17.1. The number of carbonyl (C=O) groups excluding carboxylic acids is 3. The van der Waals surface area contributed by atoms with Crippen molar-refractivity contribution >= 4 is 45.7 Å². The number of nitrogens with one attached hydrogen (secondary N) is 1. The Morgan fingerprint density at radius 3 is 2.40 bits per heavy atom. The van der Waals surface area contributed by atoms with Gasteiger partial charge in [-0.3, -0.25) is 9.79 Å². The molecule has 1 N–H and O–H groups in total. The largest absolute Gasteiger partial charge is 0.497 e. The molecule has 270 valence electrons. The molecule has 2 amide bonds. The molecule has 0 radical (unpaired) electrons. The topological polar surface area (TPSA) is 129 Å². The van der Waals surface area contributed by atoms with Gasteiger partial charge < -0.3 is 29.2 Å². The Labute approximate surface area is 299 Å². The Kier molecular flexibility index (Phi) is 13.1. The number of aromatic nitrogens is 1. The van der Waals surface area contributed by atoms with Crippen LogP contribution in [-0.4, -0.2) is 89.7 Å². The van der Waals surface area contributed by atoms with Gasteiger partial charge in [-0.2, -0.15) is 0 Å². The van der Waals surface area contributed by atoms with Gasteiger partial charge in [-0.05, 0) is 51.5 Å². The highest BCUT2D eigenvalue weighted by molar-refractivity contribution is 8.13. The number of esters is 1. The molecule has 12 heteroatoms. The van der Waals surface area contributed by atoms with Crippen LogP contribution in [0.15, 0.2) is 59.6 Å². The highest BCUT2D eigenvalue weighted by Gasteiger charge is 2.43. The molecule has 4 rings (SSSR count). The SMILES string of the molecule is CCCC(N=C(SC)[C@@H]1CC(Oc2cc(-c3ccccc3)nc3cc(OC)ccc23)CN1C(=O)[C@@H](NC(=O)OC(C)(C)C)C(C)C)C(=O)OC. The van der Waals surface area contributed by atoms with Crippen LogP contribution in [0.3, 0.4) is 0 Å². The number of rotatable bonds is 12. The van der Waals surface area contributed by atoms with E-state index in [1.165, 1.54) is 18.9 Å². The second-order valence-corrected chi connectivity index (χ2v) is 14.4. The first-order chi connectivity index (χ1) is 23.8.